The second kappa shape index (κ2) is 3.91. The molecular weight excluding hydrogens is 214 g/mol. The zero-order valence-corrected chi connectivity index (χ0v) is 10.2. The third-order valence-corrected chi connectivity index (χ3v) is 4.22. The van der Waals surface area contributed by atoms with E-state index in [0.29, 0.717) is 11.8 Å². The van der Waals surface area contributed by atoms with Crippen molar-refractivity contribution in [1.29, 1.82) is 0 Å². The normalized spacial score (nSPS) is 27.1. The topological polar surface area (TPSA) is 43.7 Å². The van der Waals surface area contributed by atoms with Crippen LogP contribution in [0, 0.1) is 5.92 Å². The van der Waals surface area contributed by atoms with Gasteiger partial charge < -0.3 is 15.1 Å². The van der Waals surface area contributed by atoms with Crippen LogP contribution in [0.25, 0.3) is 0 Å². The minimum absolute atomic E-state index is 0.0223. The number of likely N-dealkylation sites (tertiary alicyclic amines) is 1. The molecule has 1 aromatic carbocycles. The van der Waals surface area contributed by atoms with Crippen molar-refractivity contribution >= 4 is 0 Å². The molecule has 92 valence electrons. The summed E-state index contributed by atoms with van der Waals surface area (Å²) in [5.74, 6) is 1.32. The highest BCUT2D eigenvalue weighted by Crippen LogP contribution is 2.48. The van der Waals surface area contributed by atoms with Gasteiger partial charge in [-0.25, -0.2) is 0 Å². The van der Waals surface area contributed by atoms with Crippen molar-refractivity contribution in [2.45, 2.75) is 25.7 Å². The zero-order valence-electron chi connectivity index (χ0n) is 10.2. The largest absolute Gasteiger partial charge is 0.504 e. The number of nitrogens with zero attached hydrogens (tertiary/aromatic N) is 1. The first-order valence-corrected chi connectivity index (χ1v) is 6.46. The van der Waals surface area contributed by atoms with Gasteiger partial charge in [0, 0.05) is 24.6 Å². The smallest absolute Gasteiger partial charge is 0.160 e. The van der Waals surface area contributed by atoms with Crippen molar-refractivity contribution in [3.8, 4) is 11.5 Å². The lowest BCUT2D eigenvalue weighted by Crippen LogP contribution is -2.22. The molecule has 2 unspecified atom stereocenters. The van der Waals surface area contributed by atoms with E-state index in [0.717, 1.165) is 25.1 Å². The third kappa shape index (κ3) is 1.61. The summed E-state index contributed by atoms with van der Waals surface area (Å²) < 4.78 is 0. The Morgan fingerprint density at radius 3 is 2.88 bits per heavy atom. The molecule has 0 radical (unpaired) electrons. The first-order valence-electron chi connectivity index (χ1n) is 6.46. The Bertz CT molecular complexity index is 444. The Morgan fingerprint density at radius 1 is 1.29 bits per heavy atom. The van der Waals surface area contributed by atoms with Crippen LogP contribution in [-0.4, -0.2) is 34.7 Å². The van der Waals surface area contributed by atoms with Crippen molar-refractivity contribution in [1.82, 2.24) is 4.90 Å². The number of fused-ring (bicyclic) bond motifs is 3. The minimum Gasteiger partial charge on any atom is -0.504 e. The van der Waals surface area contributed by atoms with Crippen molar-refractivity contribution in [3.05, 3.63) is 23.3 Å². The zero-order chi connectivity index (χ0) is 12.0. The Balaban J connectivity index is 1.89. The predicted octanol–water partition coefficient (Wildman–Crippen LogP) is 2.08. The van der Waals surface area contributed by atoms with Crippen LogP contribution < -0.4 is 0 Å². The Labute approximate surface area is 102 Å². The van der Waals surface area contributed by atoms with Gasteiger partial charge in [-0.05, 0) is 36.9 Å². The van der Waals surface area contributed by atoms with Gasteiger partial charge in [0.25, 0.3) is 0 Å². The van der Waals surface area contributed by atoms with Crippen LogP contribution in [0.3, 0.4) is 0 Å². The lowest BCUT2D eigenvalue weighted by molar-refractivity contribution is 0.321. The van der Waals surface area contributed by atoms with Gasteiger partial charge in [-0.15, -0.1) is 0 Å². The molecule has 1 fully saturated rings. The number of hydrogen-bond acceptors (Lipinski definition) is 3. The summed E-state index contributed by atoms with van der Waals surface area (Å²) in [6.45, 7) is 5.63. The summed E-state index contributed by atoms with van der Waals surface area (Å²) in [5, 5.41) is 19.4. The highest BCUT2D eigenvalue weighted by molar-refractivity contribution is 5.53. The second-order valence-corrected chi connectivity index (χ2v) is 5.33. The number of phenolic OH excluding ortho intramolecular Hbond substituents is 2. The average molecular weight is 233 g/mol. The molecule has 17 heavy (non-hydrogen) atoms. The average Bonchev–Trinajstić information content (AvgIpc) is 2.82. The van der Waals surface area contributed by atoms with Crippen molar-refractivity contribution in [2.75, 3.05) is 19.6 Å². The van der Waals surface area contributed by atoms with Gasteiger partial charge in [0.05, 0.1) is 0 Å². The summed E-state index contributed by atoms with van der Waals surface area (Å²) in [6, 6.07) is 3.61. The van der Waals surface area contributed by atoms with Gasteiger partial charge in [0.2, 0.25) is 0 Å². The SMILES string of the molecule is CCCN1CC2Cc3c(ccc(O)c3O)C2C1. The van der Waals surface area contributed by atoms with Crippen LogP contribution in [-0.2, 0) is 6.42 Å². The molecule has 2 atom stereocenters. The molecule has 3 nitrogen and oxygen atoms in total. The van der Waals surface area contributed by atoms with E-state index in [1.54, 1.807) is 6.07 Å². The first-order chi connectivity index (χ1) is 8.20. The number of benzene rings is 1. The number of hydrogen-bond donors (Lipinski definition) is 2. The highest BCUT2D eigenvalue weighted by Gasteiger charge is 2.40. The van der Waals surface area contributed by atoms with Gasteiger partial charge in [0.15, 0.2) is 11.5 Å². The van der Waals surface area contributed by atoms with Crippen LogP contribution in [0.2, 0.25) is 0 Å². The number of phenols is 2. The van der Waals surface area contributed by atoms with Crippen LogP contribution >= 0.6 is 0 Å². The van der Waals surface area contributed by atoms with E-state index in [2.05, 4.69) is 11.8 Å². The van der Waals surface area contributed by atoms with Crippen molar-refractivity contribution < 1.29 is 10.2 Å². The molecule has 3 rings (SSSR count). The van der Waals surface area contributed by atoms with Gasteiger partial charge in [-0.3, -0.25) is 0 Å². The van der Waals surface area contributed by atoms with E-state index in [9.17, 15) is 10.2 Å². The summed E-state index contributed by atoms with van der Waals surface area (Å²) in [4.78, 5) is 2.52. The molecule has 1 aliphatic heterocycles. The molecule has 3 heteroatoms. The van der Waals surface area contributed by atoms with E-state index >= 15 is 0 Å². The summed E-state index contributed by atoms with van der Waals surface area (Å²) in [6.07, 6.45) is 2.12. The summed E-state index contributed by atoms with van der Waals surface area (Å²) in [5.41, 5.74) is 2.24. The van der Waals surface area contributed by atoms with Gasteiger partial charge >= 0.3 is 0 Å². The van der Waals surface area contributed by atoms with Crippen LogP contribution in [0.15, 0.2) is 12.1 Å². The lowest BCUT2D eigenvalue weighted by atomic mass is 9.96. The Kier molecular flexibility index (Phi) is 2.51. The fraction of sp³-hybridized carbons (Fsp3) is 0.571. The minimum atomic E-state index is 0.0223. The van der Waals surface area contributed by atoms with E-state index in [4.69, 9.17) is 0 Å². The molecule has 0 saturated carbocycles. The summed E-state index contributed by atoms with van der Waals surface area (Å²) >= 11 is 0. The van der Waals surface area contributed by atoms with E-state index in [1.165, 1.54) is 18.5 Å². The van der Waals surface area contributed by atoms with E-state index in [1.807, 2.05) is 6.07 Å². The van der Waals surface area contributed by atoms with Crippen LogP contribution in [0.5, 0.6) is 11.5 Å². The maximum atomic E-state index is 9.88. The fourth-order valence-electron chi connectivity index (χ4n) is 3.48. The molecule has 0 bridgehead atoms. The third-order valence-electron chi connectivity index (χ3n) is 4.22. The number of rotatable bonds is 2. The maximum Gasteiger partial charge on any atom is 0.160 e. The molecule has 0 aromatic heterocycles. The molecule has 1 aromatic rings. The molecule has 1 saturated heterocycles. The highest BCUT2D eigenvalue weighted by atomic mass is 16.3. The molecule has 2 aliphatic rings. The van der Waals surface area contributed by atoms with Crippen LogP contribution in [0.1, 0.15) is 30.4 Å². The fourth-order valence-corrected chi connectivity index (χ4v) is 3.48. The van der Waals surface area contributed by atoms with Crippen LogP contribution in [0.4, 0.5) is 0 Å². The predicted molar refractivity (Wildman–Crippen MR) is 66.4 cm³/mol. The second-order valence-electron chi connectivity index (χ2n) is 5.33. The lowest BCUT2D eigenvalue weighted by Gasteiger charge is -2.16. The standard InChI is InChI=1S/C14H19NO2/c1-2-5-15-7-9-6-11-10(12(9)8-15)3-4-13(16)14(11)17/h3-4,9,12,16-17H,2,5-8H2,1H3. The van der Waals surface area contributed by atoms with E-state index < -0.39 is 0 Å². The molecule has 1 heterocycles. The molecule has 2 N–H and O–H groups in total. The molecular formula is C14H19NO2. The quantitative estimate of drug-likeness (QED) is 0.769. The van der Waals surface area contributed by atoms with Crippen molar-refractivity contribution in [3.63, 3.8) is 0 Å². The Morgan fingerprint density at radius 2 is 2.12 bits per heavy atom. The van der Waals surface area contributed by atoms with Crippen molar-refractivity contribution in [2.24, 2.45) is 5.92 Å². The van der Waals surface area contributed by atoms with E-state index in [-0.39, 0.29) is 11.5 Å². The molecule has 0 spiro atoms. The maximum absolute atomic E-state index is 9.88. The number of aromatic hydroxyl groups is 2. The monoisotopic (exact) mass is 233 g/mol. The first kappa shape index (κ1) is 10.9. The molecule has 0 amide bonds. The van der Waals surface area contributed by atoms with Gasteiger partial charge in [-0.1, -0.05) is 13.0 Å². The van der Waals surface area contributed by atoms with Gasteiger partial charge in [0.1, 0.15) is 0 Å². The molecule has 1 aliphatic carbocycles. The Hall–Kier alpha value is -1.22. The summed E-state index contributed by atoms with van der Waals surface area (Å²) in [7, 11) is 0. The van der Waals surface area contributed by atoms with Gasteiger partial charge in [-0.2, -0.15) is 0 Å².